The second-order valence-corrected chi connectivity index (χ2v) is 3.97. The van der Waals surface area contributed by atoms with Crippen molar-refractivity contribution in [2.75, 3.05) is 6.61 Å². The van der Waals surface area contributed by atoms with E-state index in [9.17, 15) is 14.7 Å². The molecule has 8 heteroatoms. The Bertz CT molecular complexity index is 514. The number of aliphatic hydroxyl groups is 2. The van der Waals surface area contributed by atoms with E-state index in [1.54, 1.807) is 0 Å². The van der Waals surface area contributed by atoms with Gasteiger partial charge in [0, 0.05) is 18.8 Å². The van der Waals surface area contributed by atoms with Crippen LogP contribution in [0, 0.1) is 0 Å². The molecule has 1 aromatic heterocycles. The molecule has 1 aliphatic heterocycles. The van der Waals surface area contributed by atoms with Crippen molar-refractivity contribution >= 4 is 5.91 Å². The Balaban J connectivity index is 2.33. The van der Waals surface area contributed by atoms with Crippen LogP contribution < -0.4 is 11.3 Å². The van der Waals surface area contributed by atoms with Gasteiger partial charge in [-0.1, -0.05) is 0 Å². The molecule has 1 amide bonds. The largest absolute Gasteiger partial charge is 0.394 e. The molecule has 1 aromatic rings. The molecule has 8 nitrogen and oxygen atoms in total. The van der Waals surface area contributed by atoms with E-state index in [0.717, 1.165) is 4.57 Å². The first-order valence-corrected chi connectivity index (χ1v) is 5.36. The van der Waals surface area contributed by atoms with Crippen LogP contribution in [-0.2, 0) is 4.74 Å². The third kappa shape index (κ3) is 2.13. The van der Waals surface area contributed by atoms with Gasteiger partial charge in [0.2, 0.25) is 0 Å². The summed E-state index contributed by atoms with van der Waals surface area (Å²) in [6.07, 6.45) is 0.387. The van der Waals surface area contributed by atoms with Gasteiger partial charge in [-0.3, -0.25) is 14.2 Å². The van der Waals surface area contributed by atoms with Crippen molar-refractivity contribution in [1.29, 1.82) is 0 Å². The summed E-state index contributed by atoms with van der Waals surface area (Å²) in [5, 5.41) is 18.5. The normalized spacial score (nSPS) is 27.3. The lowest BCUT2D eigenvalue weighted by atomic mass is 10.2. The minimum Gasteiger partial charge on any atom is -0.394 e. The number of carbonyl (C=O) groups is 1. The van der Waals surface area contributed by atoms with Gasteiger partial charge >= 0.3 is 0 Å². The third-order valence-electron chi connectivity index (χ3n) is 2.80. The Hall–Kier alpha value is -1.77. The lowest BCUT2D eigenvalue weighted by Crippen LogP contribution is -2.33. The molecule has 1 fully saturated rings. The second-order valence-electron chi connectivity index (χ2n) is 3.97. The van der Waals surface area contributed by atoms with E-state index in [1.807, 2.05) is 0 Å². The highest BCUT2D eigenvalue weighted by atomic mass is 16.5. The molecule has 2 heterocycles. The maximum atomic E-state index is 11.9. The van der Waals surface area contributed by atoms with Gasteiger partial charge in [0.05, 0.1) is 12.7 Å². The molecule has 0 aromatic carbocycles. The van der Waals surface area contributed by atoms with Gasteiger partial charge in [0.15, 0.2) is 5.69 Å². The van der Waals surface area contributed by atoms with Gasteiger partial charge in [0.25, 0.3) is 11.5 Å². The van der Waals surface area contributed by atoms with E-state index in [1.165, 1.54) is 12.4 Å². The number of rotatable bonds is 3. The zero-order valence-corrected chi connectivity index (χ0v) is 9.39. The van der Waals surface area contributed by atoms with Crippen LogP contribution in [0.15, 0.2) is 17.2 Å². The molecule has 0 spiro atoms. The fourth-order valence-corrected chi connectivity index (χ4v) is 1.87. The molecule has 2 rings (SSSR count). The van der Waals surface area contributed by atoms with Gasteiger partial charge in [-0.2, -0.15) is 0 Å². The fraction of sp³-hybridized carbons (Fsp3) is 0.500. The molecule has 0 radical (unpaired) electrons. The number of amides is 1. The van der Waals surface area contributed by atoms with Crippen LogP contribution in [0.5, 0.6) is 0 Å². The summed E-state index contributed by atoms with van der Waals surface area (Å²) in [6, 6.07) is 0. The molecule has 0 saturated carbocycles. The van der Waals surface area contributed by atoms with Crippen LogP contribution in [0.3, 0.4) is 0 Å². The van der Waals surface area contributed by atoms with Gasteiger partial charge in [0.1, 0.15) is 12.3 Å². The highest BCUT2D eigenvalue weighted by Gasteiger charge is 2.35. The predicted molar refractivity (Wildman–Crippen MR) is 58.6 cm³/mol. The monoisotopic (exact) mass is 255 g/mol. The van der Waals surface area contributed by atoms with Crippen LogP contribution >= 0.6 is 0 Å². The smallest absolute Gasteiger partial charge is 0.284 e. The molecule has 1 unspecified atom stereocenters. The maximum Gasteiger partial charge on any atom is 0.284 e. The van der Waals surface area contributed by atoms with Gasteiger partial charge in [-0.15, -0.1) is 0 Å². The van der Waals surface area contributed by atoms with Crippen molar-refractivity contribution in [2.24, 2.45) is 5.73 Å². The van der Waals surface area contributed by atoms with Crippen molar-refractivity contribution < 1.29 is 19.7 Å². The summed E-state index contributed by atoms with van der Waals surface area (Å²) in [6.45, 7) is -0.347. The summed E-state index contributed by atoms with van der Waals surface area (Å²) in [7, 11) is 0. The molecule has 0 bridgehead atoms. The SMILES string of the molecule is NC(=O)c1nccn(C2C[C@H](O)[C@@H](CO)O2)c1=O. The summed E-state index contributed by atoms with van der Waals surface area (Å²) in [5.41, 5.74) is 3.95. The number of nitrogens with zero attached hydrogens (tertiary/aromatic N) is 2. The van der Waals surface area contributed by atoms with Crippen molar-refractivity contribution in [2.45, 2.75) is 24.9 Å². The summed E-state index contributed by atoms with van der Waals surface area (Å²) in [4.78, 5) is 26.5. The molecule has 98 valence electrons. The van der Waals surface area contributed by atoms with Crippen LogP contribution in [-0.4, -0.2) is 44.5 Å². The van der Waals surface area contributed by atoms with E-state index in [2.05, 4.69) is 4.98 Å². The van der Waals surface area contributed by atoms with Gasteiger partial charge < -0.3 is 20.7 Å². The minimum atomic E-state index is -0.924. The molecule has 4 N–H and O–H groups in total. The lowest BCUT2D eigenvalue weighted by molar-refractivity contribution is -0.0456. The number of primary amides is 1. The molecule has 3 atom stereocenters. The lowest BCUT2D eigenvalue weighted by Gasteiger charge is -2.14. The number of ether oxygens (including phenoxy) is 1. The van der Waals surface area contributed by atoms with E-state index in [-0.39, 0.29) is 18.7 Å². The highest BCUT2D eigenvalue weighted by Crippen LogP contribution is 2.27. The number of nitrogens with two attached hydrogens (primary N) is 1. The Labute approximate surface area is 102 Å². The Kier molecular flexibility index (Phi) is 3.41. The quantitative estimate of drug-likeness (QED) is 0.572. The number of aliphatic hydroxyl groups excluding tert-OH is 2. The molecule has 1 saturated heterocycles. The predicted octanol–water partition coefficient (Wildman–Crippen LogP) is -2.02. The first-order chi connectivity index (χ1) is 8.54. The molecular weight excluding hydrogens is 242 g/mol. The van der Waals surface area contributed by atoms with Crippen LogP contribution in [0.25, 0.3) is 0 Å². The Morgan fingerprint density at radius 3 is 2.94 bits per heavy atom. The number of hydrogen-bond acceptors (Lipinski definition) is 6. The second kappa shape index (κ2) is 4.84. The van der Waals surface area contributed by atoms with Crippen LogP contribution in [0.2, 0.25) is 0 Å². The molecule has 18 heavy (non-hydrogen) atoms. The maximum absolute atomic E-state index is 11.9. The van der Waals surface area contributed by atoms with E-state index < -0.39 is 29.9 Å². The van der Waals surface area contributed by atoms with Crippen molar-refractivity contribution in [3.8, 4) is 0 Å². The third-order valence-corrected chi connectivity index (χ3v) is 2.80. The number of aromatic nitrogens is 2. The molecular formula is C10H13N3O5. The van der Waals surface area contributed by atoms with Crippen molar-refractivity contribution in [3.63, 3.8) is 0 Å². The standard InChI is InChI=1S/C10H13N3O5/c11-9(16)8-10(17)13(2-1-12-8)7-3-5(15)6(4-14)18-7/h1-2,5-7,14-15H,3-4H2,(H2,11,16)/t5-,6+,7?/m0/s1. The van der Waals surface area contributed by atoms with Gasteiger partial charge in [-0.05, 0) is 0 Å². The molecule has 1 aliphatic rings. The number of carbonyl (C=O) groups excluding carboxylic acids is 1. The van der Waals surface area contributed by atoms with Crippen molar-refractivity contribution in [3.05, 3.63) is 28.4 Å². The fourth-order valence-electron chi connectivity index (χ4n) is 1.87. The average Bonchev–Trinajstić information content (AvgIpc) is 2.70. The summed E-state index contributed by atoms with van der Waals surface area (Å²) < 4.78 is 6.44. The van der Waals surface area contributed by atoms with E-state index >= 15 is 0 Å². The van der Waals surface area contributed by atoms with Crippen molar-refractivity contribution in [1.82, 2.24) is 9.55 Å². The first kappa shape index (κ1) is 12.7. The Morgan fingerprint density at radius 2 is 2.39 bits per heavy atom. The molecule has 0 aliphatic carbocycles. The topological polar surface area (TPSA) is 128 Å². The van der Waals surface area contributed by atoms with Crippen LogP contribution in [0.4, 0.5) is 0 Å². The zero-order valence-electron chi connectivity index (χ0n) is 9.39. The number of hydrogen-bond donors (Lipinski definition) is 3. The van der Waals surface area contributed by atoms with E-state index in [0.29, 0.717) is 0 Å². The summed E-state index contributed by atoms with van der Waals surface area (Å²) in [5.74, 6) is -0.924. The Morgan fingerprint density at radius 1 is 1.67 bits per heavy atom. The van der Waals surface area contributed by atoms with Crippen LogP contribution in [0.1, 0.15) is 23.1 Å². The van der Waals surface area contributed by atoms with Gasteiger partial charge in [-0.25, -0.2) is 4.98 Å². The highest BCUT2D eigenvalue weighted by molar-refractivity contribution is 5.90. The summed E-state index contributed by atoms with van der Waals surface area (Å²) >= 11 is 0. The van der Waals surface area contributed by atoms with E-state index in [4.69, 9.17) is 15.6 Å². The minimum absolute atomic E-state index is 0.146. The zero-order chi connectivity index (χ0) is 13.3. The first-order valence-electron chi connectivity index (χ1n) is 5.36. The average molecular weight is 255 g/mol.